The van der Waals surface area contributed by atoms with E-state index in [1.54, 1.807) is 24.7 Å². The average Bonchev–Trinajstić information content (AvgIpc) is 2.25. The topological polar surface area (TPSA) is 64.7 Å². The maximum atomic E-state index is 5.76. The number of nitrogens with two attached hydrogens (primary N) is 1. The Labute approximate surface area is 105 Å². The van der Waals surface area contributed by atoms with Crippen molar-refractivity contribution in [2.45, 2.75) is 10.2 Å². The van der Waals surface area contributed by atoms with Crippen LogP contribution in [-0.4, -0.2) is 15.0 Å². The summed E-state index contributed by atoms with van der Waals surface area (Å²) >= 11 is 3.52. The van der Waals surface area contributed by atoms with Gasteiger partial charge < -0.3 is 5.73 Å². The molecule has 0 saturated heterocycles. The van der Waals surface area contributed by atoms with Gasteiger partial charge in [0.05, 0.1) is 5.69 Å². The van der Waals surface area contributed by atoms with E-state index < -0.39 is 0 Å². The van der Waals surface area contributed by atoms with Crippen molar-refractivity contribution in [1.82, 2.24) is 15.0 Å². The highest BCUT2D eigenvalue weighted by Gasteiger charge is 2.04. The molecular formula is C9H7IN4S. The fourth-order valence-corrected chi connectivity index (χ4v) is 1.89. The highest BCUT2D eigenvalue weighted by atomic mass is 127. The number of hydrogen-bond acceptors (Lipinski definition) is 5. The lowest BCUT2D eigenvalue weighted by molar-refractivity contribution is 0.952. The molecule has 2 N–H and O–H groups in total. The number of rotatable bonds is 2. The van der Waals surface area contributed by atoms with Crippen LogP contribution in [0.15, 0.2) is 40.9 Å². The van der Waals surface area contributed by atoms with Crippen LogP contribution in [0.1, 0.15) is 0 Å². The first-order chi connectivity index (χ1) is 7.25. The van der Waals surface area contributed by atoms with Gasteiger partial charge in [-0.1, -0.05) is 0 Å². The molecule has 15 heavy (non-hydrogen) atoms. The third kappa shape index (κ3) is 2.78. The fourth-order valence-electron chi connectivity index (χ4n) is 0.928. The predicted octanol–water partition coefficient (Wildman–Crippen LogP) is 2.21. The van der Waals surface area contributed by atoms with E-state index in [1.807, 2.05) is 6.07 Å². The SMILES string of the molecule is Nc1cccnc1Sc1ncc(I)cn1. The van der Waals surface area contributed by atoms with Crippen molar-refractivity contribution in [2.75, 3.05) is 5.73 Å². The van der Waals surface area contributed by atoms with Gasteiger partial charge in [-0.05, 0) is 46.5 Å². The Kier molecular flexibility index (Phi) is 3.37. The van der Waals surface area contributed by atoms with E-state index in [0.717, 1.165) is 8.60 Å². The quantitative estimate of drug-likeness (QED) is 0.676. The van der Waals surface area contributed by atoms with Crippen LogP contribution in [0.2, 0.25) is 0 Å². The minimum Gasteiger partial charge on any atom is -0.397 e. The van der Waals surface area contributed by atoms with Gasteiger partial charge >= 0.3 is 0 Å². The Morgan fingerprint density at radius 1 is 1.20 bits per heavy atom. The van der Waals surface area contributed by atoms with Gasteiger partial charge in [0.15, 0.2) is 5.16 Å². The van der Waals surface area contributed by atoms with Crippen molar-refractivity contribution in [1.29, 1.82) is 0 Å². The molecule has 0 atom stereocenters. The fraction of sp³-hybridized carbons (Fsp3) is 0. The largest absolute Gasteiger partial charge is 0.397 e. The average molecular weight is 330 g/mol. The predicted molar refractivity (Wildman–Crippen MR) is 67.5 cm³/mol. The van der Waals surface area contributed by atoms with E-state index in [0.29, 0.717) is 10.8 Å². The molecule has 0 unspecified atom stereocenters. The lowest BCUT2D eigenvalue weighted by Gasteiger charge is -2.01. The van der Waals surface area contributed by atoms with Crippen molar-refractivity contribution in [3.8, 4) is 0 Å². The number of nitrogen functional groups attached to an aromatic ring is 1. The normalized spacial score (nSPS) is 10.2. The lowest BCUT2D eigenvalue weighted by Crippen LogP contribution is -1.92. The molecule has 0 fully saturated rings. The summed E-state index contributed by atoms with van der Waals surface area (Å²) in [7, 11) is 0. The smallest absolute Gasteiger partial charge is 0.193 e. The van der Waals surface area contributed by atoms with Crippen molar-refractivity contribution >= 4 is 40.0 Å². The molecule has 0 amide bonds. The van der Waals surface area contributed by atoms with Crippen LogP contribution < -0.4 is 5.73 Å². The van der Waals surface area contributed by atoms with Gasteiger partial charge in [0, 0.05) is 22.2 Å². The molecule has 6 heteroatoms. The van der Waals surface area contributed by atoms with E-state index in [1.165, 1.54) is 11.8 Å². The molecule has 0 aliphatic carbocycles. The van der Waals surface area contributed by atoms with E-state index >= 15 is 0 Å². The first kappa shape index (κ1) is 10.6. The van der Waals surface area contributed by atoms with Gasteiger partial charge in [-0.2, -0.15) is 0 Å². The number of anilines is 1. The molecule has 2 heterocycles. The third-order valence-corrected chi connectivity index (χ3v) is 3.07. The van der Waals surface area contributed by atoms with Crippen molar-refractivity contribution in [3.63, 3.8) is 0 Å². The van der Waals surface area contributed by atoms with E-state index in [9.17, 15) is 0 Å². The number of halogens is 1. The number of aromatic nitrogens is 3. The second-order valence-electron chi connectivity index (χ2n) is 2.68. The Morgan fingerprint density at radius 3 is 2.60 bits per heavy atom. The Morgan fingerprint density at radius 2 is 1.93 bits per heavy atom. The first-order valence-electron chi connectivity index (χ1n) is 4.11. The monoisotopic (exact) mass is 330 g/mol. The van der Waals surface area contributed by atoms with Crippen molar-refractivity contribution in [3.05, 3.63) is 34.3 Å². The summed E-state index contributed by atoms with van der Waals surface area (Å²) < 4.78 is 1.01. The molecule has 4 nitrogen and oxygen atoms in total. The van der Waals surface area contributed by atoms with Crippen LogP contribution in [0.3, 0.4) is 0 Å². The molecule has 2 aromatic rings. The number of hydrogen-bond donors (Lipinski definition) is 1. The molecule has 0 aromatic carbocycles. The third-order valence-electron chi connectivity index (χ3n) is 1.59. The molecule has 2 aromatic heterocycles. The summed E-state index contributed by atoms with van der Waals surface area (Å²) in [5, 5.41) is 1.39. The Bertz CT molecular complexity index is 460. The molecule has 0 aliphatic heterocycles. The van der Waals surface area contributed by atoms with Gasteiger partial charge in [0.25, 0.3) is 0 Å². The van der Waals surface area contributed by atoms with E-state index in [2.05, 4.69) is 37.5 Å². The molecule has 0 spiro atoms. The molecule has 0 radical (unpaired) electrons. The standard InChI is InChI=1S/C9H7IN4S/c10-6-4-13-9(14-5-6)15-8-7(11)2-1-3-12-8/h1-5H,11H2. The van der Waals surface area contributed by atoms with Gasteiger partial charge in [-0.25, -0.2) is 15.0 Å². The summed E-state index contributed by atoms with van der Waals surface area (Å²) in [6.07, 6.45) is 5.22. The maximum Gasteiger partial charge on any atom is 0.193 e. The second kappa shape index (κ2) is 4.75. The molecule has 76 valence electrons. The molecular weight excluding hydrogens is 323 g/mol. The van der Waals surface area contributed by atoms with Crippen LogP contribution in [0.5, 0.6) is 0 Å². The Hall–Kier alpha value is -0.890. The maximum absolute atomic E-state index is 5.76. The van der Waals surface area contributed by atoms with Crippen LogP contribution in [0.25, 0.3) is 0 Å². The van der Waals surface area contributed by atoms with E-state index in [4.69, 9.17) is 5.73 Å². The van der Waals surface area contributed by atoms with Gasteiger partial charge in [-0.3, -0.25) is 0 Å². The number of pyridine rings is 1. The summed E-state index contributed by atoms with van der Waals surface area (Å²) in [5.74, 6) is 0. The van der Waals surface area contributed by atoms with Gasteiger partial charge in [0.1, 0.15) is 5.03 Å². The molecule has 0 aliphatic rings. The zero-order valence-electron chi connectivity index (χ0n) is 7.59. The second-order valence-corrected chi connectivity index (χ2v) is 4.89. The zero-order valence-corrected chi connectivity index (χ0v) is 10.6. The minimum atomic E-state index is 0.643. The highest BCUT2D eigenvalue weighted by Crippen LogP contribution is 2.26. The summed E-state index contributed by atoms with van der Waals surface area (Å²) in [5.41, 5.74) is 6.40. The van der Waals surface area contributed by atoms with Crippen molar-refractivity contribution in [2.24, 2.45) is 0 Å². The summed E-state index contributed by atoms with van der Waals surface area (Å²) in [4.78, 5) is 12.5. The zero-order chi connectivity index (χ0) is 10.7. The lowest BCUT2D eigenvalue weighted by atomic mass is 10.4. The Balaban J connectivity index is 2.22. The summed E-state index contributed by atoms with van der Waals surface area (Å²) in [6, 6.07) is 3.61. The van der Waals surface area contributed by atoms with E-state index in [-0.39, 0.29) is 0 Å². The highest BCUT2D eigenvalue weighted by molar-refractivity contribution is 14.1. The molecule has 0 saturated carbocycles. The summed E-state index contributed by atoms with van der Waals surface area (Å²) in [6.45, 7) is 0. The first-order valence-corrected chi connectivity index (χ1v) is 6.01. The van der Waals surface area contributed by atoms with Crippen LogP contribution >= 0.6 is 34.4 Å². The van der Waals surface area contributed by atoms with Gasteiger partial charge in [0.2, 0.25) is 0 Å². The van der Waals surface area contributed by atoms with Crippen LogP contribution in [-0.2, 0) is 0 Å². The molecule has 0 bridgehead atoms. The van der Waals surface area contributed by atoms with Crippen LogP contribution in [0, 0.1) is 3.57 Å². The minimum absolute atomic E-state index is 0.643. The molecule has 2 rings (SSSR count). The number of nitrogens with zero attached hydrogens (tertiary/aromatic N) is 3. The van der Waals surface area contributed by atoms with Gasteiger partial charge in [-0.15, -0.1) is 0 Å². The van der Waals surface area contributed by atoms with Crippen molar-refractivity contribution < 1.29 is 0 Å². The van der Waals surface area contributed by atoms with Crippen LogP contribution in [0.4, 0.5) is 5.69 Å².